The normalized spacial score (nSPS) is 23.9. The predicted octanol–water partition coefficient (Wildman–Crippen LogP) is 2.40. The maximum Gasteiger partial charge on any atom is 0.319 e. The van der Waals surface area contributed by atoms with Crippen LogP contribution in [0.5, 0.6) is 0 Å². The van der Waals surface area contributed by atoms with Gasteiger partial charge in [-0.3, -0.25) is 0 Å². The topological polar surface area (TPSA) is 76.4 Å². The number of nitrogens with two attached hydrogens (primary N) is 1. The van der Waals surface area contributed by atoms with Crippen LogP contribution in [0.1, 0.15) is 38.3 Å². The Hall–Kier alpha value is -1.59. The van der Waals surface area contributed by atoms with E-state index in [0.29, 0.717) is 6.61 Å². The largest absolute Gasteiger partial charge is 0.378 e. The van der Waals surface area contributed by atoms with Crippen LogP contribution in [0.25, 0.3) is 0 Å². The molecule has 0 radical (unpaired) electrons. The highest BCUT2D eigenvalue weighted by Crippen LogP contribution is 2.16. The van der Waals surface area contributed by atoms with Crippen LogP contribution < -0.4 is 16.4 Å². The van der Waals surface area contributed by atoms with Gasteiger partial charge in [0.25, 0.3) is 0 Å². The maximum absolute atomic E-state index is 12.0. The molecule has 2 rings (SSSR count). The Morgan fingerprint density at radius 1 is 1.50 bits per heavy atom. The van der Waals surface area contributed by atoms with Crippen LogP contribution in [0.3, 0.4) is 0 Å². The second kappa shape index (κ2) is 6.72. The summed E-state index contributed by atoms with van der Waals surface area (Å²) in [6, 6.07) is 7.56. The Bertz CT molecular complexity index is 462. The van der Waals surface area contributed by atoms with Crippen LogP contribution >= 0.6 is 0 Å². The molecule has 1 fully saturated rings. The zero-order chi connectivity index (χ0) is 14.5. The average molecular weight is 277 g/mol. The number of carbonyl (C=O) groups excluding carboxylic acids is 1. The number of anilines is 1. The minimum absolute atomic E-state index is 0.0452. The molecule has 1 aliphatic rings. The number of hydrogen-bond acceptors (Lipinski definition) is 3. The minimum Gasteiger partial charge on any atom is -0.378 e. The molecular weight excluding hydrogens is 254 g/mol. The standard InChI is InChI=1S/C15H23N3O2/c1-10-8-14(6-7-20-10)18-15(19)17-13-5-3-4-12(9-13)11(2)16/h3-5,9-11,14H,6-8,16H2,1-2H3,(H2,17,18,19). The number of rotatable bonds is 3. The Kier molecular flexibility index (Phi) is 4.98. The molecule has 0 aromatic heterocycles. The summed E-state index contributed by atoms with van der Waals surface area (Å²) in [5.41, 5.74) is 7.60. The van der Waals surface area contributed by atoms with E-state index in [9.17, 15) is 4.79 Å². The molecule has 5 nitrogen and oxygen atoms in total. The second-order valence-electron chi connectivity index (χ2n) is 5.42. The number of ether oxygens (including phenoxy) is 1. The minimum atomic E-state index is -0.175. The molecule has 20 heavy (non-hydrogen) atoms. The molecule has 1 aromatic rings. The van der Waals surface area contributed by atoms with Crippen molar-refractivity contribution in [2.45, 2.75) is 44.9 Å². The highest BCUT2D eigenvalue weighted by molar-refractivity contribution is 5.89. The van der Waals surface area contributed by atoms with E-state index in [0.717, 1.165) is 24.1 Å². The molecule has 1 aromatic carbocycles. The first-order valence-corrected chi connectivity index (χ1v) is 7.09. The van der Waals surface area contributed by atoms with E-state index >= 15 is 0 Å². The molecule has 0 saturated carbocycles. The molecular formula is C15H23N3O2. The van der Waals surface area contributed by atoms with E-state index in [4.69, 9.17) is 10.5 Å². The summed E-state index contributed by atoms with van der Waals surface area (Å²) in [6.45, 7) is 4.65. The van der Waals surface area contributed by atoms with Crippen molar-refractivity contribution in [3.8, 4) is 0 Å². The van der Waals surface area contributed by atoms with E-state index < -0.39 is 0 Å². The van der Waals surface area contributed by atoms with Crippen LogP contribution in [-0.2, 0) is 4.74 Å². The van der Waals surface area contributed by atoms with Crippen molar-refractivity contribution in [3.63, 3.8) is 0 Å². The fourth-order valence-electron chi connectivity index (χ4n) is 2.38. The van der Waals surface area contributed by atoms with Gasteiger partial charge in [-0.2, -0.15) is 0 Å². The molecule has 3 unspecified atom stereocenters. The van der Waals surface area contributed by atoms with Crippen LogP contribution in [-0.4, -0.2) is 24.8 Å². The van der Waals surface area contributed by atoms with Crippen LogP contribution in [0.2, 0.25) is 0 Å². The SMILES string of the molecule is CC1CC(NC(=O)Nc2cccc(C(C)N)c2)CCO1. The summed E-state index contributed by atoms with van der Waals surface area (Å²) in [7, 11) is 0. The van der Waals surface area contributed by atoms with Crippen LogP contribution in [0.4, 0.5) is 10.5 Å². The van der Waals surface area contributed by atoms with Gasteiger partial charge in [-0.25, -0.2) is 4.79 Å². The van der Waals surface area contributed by atoms with Crippen LogP contribution in [0.15, 0.2) is 24.3 Å². The van der Waals surface area contributed by atoms with Crippen molar-refractivity contribution in [2.24, 2.45) is 5.73 Å². The van der Waals surface area contributed by atoms with Gasteiger partial charge in [-0.1, -0.05) is 12.1 Å². The third-order valence-electron chi connectivity index (χ3n) is 3.49. The van der Waals surface area contributed by atoms with Gasteiger partial charge < -0.3 is 21.1 Å². The van der Waals surface area contributed by atoms with E-state index in [-0.39, 0.29) is 24.2 Å². The summed E-state index contributed by atoms with van der Waals surface area (Å²) in [6.07, 6.45) is 1.92. The fraction of sp³-hybridized carbons (Fsp3) is 0.533. The summed E-state index contributed by atoms with van der Waals surface area (Å²) in [5.74, 6) is 0. The van der Waals surface area contributed by atoms with Crippen molar-refractivity contribution >= 4 is 11.7 Å². The van der Waals surface area contributed by atoms with Crippen molar-refractivity contribution in [3.05, 3.63) is 29.8 Å². The van der Waals surface area contributed by atoms with Gasteiger partial charge in [0.1, 0.15) is 0 Å². The molecule has 4 N–H and O–H groups in total. The summed E-state index contributed by atoms with van der Waals surface area (Å²) >= 11 is 0. The lowest BCUT2D eigenvalue weighted by molar-refractivity contribution is 0.0157. The first-order chi connectivity index (χ1) is 9.54. The van der Waals surface area contributed by atoms with Crippen molar-refractivity contribution in [2.75, 3.05) is 11.9 Å². The third kappa shape index (κ3) is 4.21. The molecule has 0 spiro atoms. The molecule has 0 bridgehead atoms. The van der Waals surface area contributed by atoms with Crippen molar-refractivity contribution < 1.29 is 9.53 Å². The molecule has 3 atom stereocenters. The summed E-state index contributed by atoms with van der Waals surface area (Å²) in [5, 5.41) is 5.84. The van der Waals surface area contributed by atoms with Crippen molar-refractivity contribution in [1.82, 2.24) is 5.32 Å². The zero-order valence-corrected chi connectivity index (χ0v) is 12.1. The number of nitrogens with one attached hydrogen (secondary N) is 2. The smallest absolute Gasteiger partial charge is 0.319 e. The van der Waals surface area contributed by atoms with E-state index in [1.807, 2.05) is 38.1 Å². The first-order valence-electron chi connectivity index (χ1n) is 7.09. The average Bonchev–Trinajstić information content (AvgIpc) is 2.38. The highest BCUT2D eigenvalue weighted by atomic mass is 16.5. The molecule has 0 aliphatic carbocycles. The fourth-order valence-corrected chi connectivity index (χ4v) is 2.38. The van der Waals surface area contributed by atoms with Gasteiger partial charge >= 0.3 is 6.03 Å². The van der Waals surface area contributed by atoms with Crippen molar-refractivity contribution in [1.29, 1.82) is 0 Å². The molecule has 1 heterocycles. The van der Waals surface area contributed by atoms with Gasteiger partial charge in [0.15, 0.2) is 0 Å². The maximum atomic E-state index is 12.0. The van der Waals surface area contributed by atoms with Crippen LogP contribution in [0, 0.1) is 0 Å². The molecule has 1 aliphatic heterocycles. The second-order valence-corrected chi connectivity index (χ2v) is 5.42. The van der Waals surface area contributed by atoms with E-state index in [1.165, 1.54) is 0 Å². The zero-order valence-electron chi connectivity index (χ0n) is 12.1. The van der Waals surface area contributed by atoms with Gasteiger partial charge in [0.05, 0.1) is 6.10 Å². The Morgan fingerprint density at radius 2 is 2.30 bits per heavy atom. The number of amides is 2. The molecule has 1 saturated heterocycles. The monoisotopic (exact) mass is 277 g/mol. The van der Waals surface area contributed by atoms with Gasteiger partial charge in [-0.05, 0) is 44.4 Å². The first kappa shape index (κ1) is 14.8. The Morgan fingerprint density at radius 3 is 3.00 bits per heavy atom. The number of carbonyl (C=O) groups is 1. The lowest BCUT2D eigenvalue weighted by atomic mass is 10.0. The van der Waals surface area contributed by atoms with Gasteiger partial charge in [0, 0.05) is 24.4 Å². The van der Waals surface area contributed by atoms with Gasteiger partial charge in [0.2, 0.25) is 0 Å². The molecule has 110 valence electrons. The molecule has 5 heteroatoms. The Balaban J connectivity index is 1.89. The summed E-state index contributed by atoms with van der Waals surface area (Å²) < 4.78 is 5.46. The predicted molar refractivity (Wildman–Crippen MR) is 79.6 cm³/mol. The lowest BCUT2D eigenvalue weighted by Gasteiger charge is -2.27. The van der Waals surface area contributed by atoms with Gasteiger partial charge in [-0.15, -0.1) is 0 Å². The Labute approximate surface area is 119 Å². The van der Waals surface area contributed by atoms with E-state index in [2.05, 4.69) is 10.6 Å². The number of hydrogen-bond donors (Lipinski definition) is 3. The molecule has 2 amide bonds. The highest BCUT2D eigenvalue weighted by Gasteiger charge is 2.20. The third-order valence-corrected chi connectivity index (χ3v) is 3.49. The number of urea groups is 1. The number of benzene rings is 1. The lowest BCUT2D eigenvalue weighted by Crippen LogP contribution is -2.43. The quantitative estimate of drug-likeness (QED) is 0.794. The van der Waals surface area contributed by atoms with E-state index in [1.54, 1.807) is 0 Å². The summed E-state index contributed by atoms with van der Waals surface area (Å²) in [4.78, 5) is 12.0.